The molecule has 1 spiro atoms. The predicted molar refractivity (Wildman–Crippen MR) is 117 cm³/mol. The van der Waals surface area contributed by atoms with Crippen molar-refractivity contribution in [2.75, 3.05) is 59.4 Å². The first-order valence-electron chi connectivity index (χ1n) is 11.0. The monoisotopic (exact) mass is 448 g/mol. The molecular weight excluding hydrogens is 416 g/mol. The standard InChI is InChI=1S/C22H32N4O4S/c1-18-3-5-19(6-4-18)31(29,30)26-15-13-24(14-16-26)17-20(27)25-11-8-22(9-12-25)7-10-23(2)21(22)28/h3-6H,7-17H2,1-2H3. The van der Waals surface area contributed by atoms with Gasteiger partial charge in [-0.05, 0) is 38.3 Å². The quantitative estimate of drug-likeness (QED) is 0.680. The molecule has 3 heterocycles. The summed E-state index contributed by atoms with van der Waals surface area (Å²) in [4.78, 5) is 31.3. The number of rotatable bonds is 4. The van der Waals surface area contributed by atoms with Crippen LogP contribution in [0.25, 0.3) is 0 Å². The largest absolute Gasteiger partial charge is 0.345 e. The molecule has 4 rings (SSSR count). The molecule has 8 nitrogen and oxygen atoms in total. The Morgan fingerprint density at radius 3 is 2.06 bits per heavy atom. The van der Waals surface area contributed by atoms with Gasteiger partial charge >= 0.3 is 0 Å². The van der Waals surface area contributed by atoms with Crippen molar-refractivity contribution in [2.45, 2.75) is 31.1 Å². The Hall–Kier alpha value is -1.97. The predicted octanol–water partition coefficient (Wildman–Crippen LogP) is 0.772. The normalized spacial score (nSPS) is 23.0. The van der Waals surface area contributed by atoms with Crippen LogP contribution in [0.1, 0.15) is 24.8 Å². The van der Waals surface area contributed by atoms with E-state index in [1.165, 1.54) is 4.31 Å². The van der Waals surface area contributed by atoms with Crippen LogP contribution in [0.2, 0.25) is 0 Å². The van der Waals surface area contributed by atoms with E-state index < -0.39 is 10.0 Å². The zero-order chi connectivity index (χ0) is 22.2. The molecule has 0 N–H and O–H groups in total. The second-order valence-electron chi connectivity index (χ2n) is 9.13. The molecule has 3 aliphatic heterocycles. The molecule has 170 valence electrons. The highest BCUT2D eigenvalue weighted by Crippen LogP contribution is 2.40. The molecule has 1 aromatic rings. The van der Waals surface area contributed by atoms with Gasteiger partial charge in [0.05, 0.1) is 16.9 Å². The van der Waals surface area contributed by atoms with Gasteiger partial charge < -0.3 is 9.80 Å². The van der Waals surface area contributed by atoms with E-state index in [-0.39, 0.29) is 17.2 Å². The SMILES string of the molecule is Cc1ccc(S(=O)(=O)N2CCN(CC(=O)N3CCC4(CCN(C)C4=O)CC3)CC2)cc1. The van der Waals surface area contributed by atoms with Crippen molar-refractivity contribution in [3.63, 3.8) is 0 Å². The summed E-state index contributed by atoms with van der Waals surface area (Å²) in [6.45, 7) is 6.14. The van der Waals surface area contributed by atoms with E-state index >= 15 is 0 Å². The highest BCUT2D eigenvalue weighted by molar-refractivity contribution is 7.89. The maximum atomic E-state index is 12.8. The molecule has 1 aromatic carbocycles. The summed E-state index contributed by atoms with van der Waals surface area (Å²) >= 11 is 0. The van der Waals surface area contributed by atoms with Crippen LogP contribution in [0.4, 0.5) is 0 Å². The molecule has 0 atom stereocenters. The number of carbonyl (C=O) groups is 2. The Morgan fingerprint density at radius 1 is 0.935 bits per heavy atom. The smallest absolute Gasteiger partial charge is 0.243 e. The topological polar surface area (TPSA) is 81.2 Å². The summed E-state index contributed by atoms with van der Waals surface area (Å²) in [7, 11) is -1.64. The summed E-state index contributed by atoms with van der Waals surface area (Å²) in [5, 5.41) is 0. The number of benzene rings is 1. The van der Waals surface area contributed by atoms with E-state index in [1.54, 1.807) is 12.1 Å². The minimum absolute atomic E-state index is 0.0727. The van der Waals surface area contributed by atoms with Gasteiger partial charge in [0, 0.05) is 52.9 Å². The van der Waals surface area contributed by atoms with Crippen molar-refractivity contribution in [3.05, 3.63) is 29.8 Å². The zero-order valence-electron chi connectivity index (χ0n) is 18.4. The van der Waals surface area contributed by atoms with E-state index in [0.29, 0.717) is 50.7 Å². The Labute approximate surface area is 184 Å². The number of nitrogens with zero attached hydrogens (tertiary/aromatic N) is 4. The molecule has 31 heavy (non-hydrogen) atoms. The molecule has 9 heteroatoms. The Balaban J connectivity index is 1.27. The van der Waals surface area contributed by atoms with E-state index in [0.717, 1.165) is 31.4 Å². The van der Waals surface area contributed by atoms with Gasteiger partial charge in [-0.15, -0.1) is 0 Å². The lowest BCUT2D eigenvalue weighted by atomic mass is 9.77. The fraction of sp³-hybridized carbons (Fsp3) is 0.636. The van der Waals surface area contributed by atoms with E-state index in [2.05, 4.69) is 0 Å². The Kier molecular flexibility index (Phi) is 6.11. The lowest BCUT2D eigenvalue weighted by Gasteiger charge is -2.39. The minimum Gasteiger partial charge on any atom is -0.345 e. The van der Waals surface area contributed by atoms with Crippen LogP contribution in [0, 0.1) is 12.3 Å². The Morgan fingerprint density at radius 2 is 1.52 bits per heavy atom. The molecule has 0 unspecified atom stereocenters. The third kappa shape index (κ3) is 4.36. The van der Waals surface area contributed by atoms with Crippen molar-refractivity contribution in [2.24, 2.45) is 5.41 Å². The molecule has 3 saturated heterocycles. The van der Waals surface area contributed by atoms with Crippen molar-refractivity contribution in [1.82, 2.24) is 19.0 Å². The van der Waals surface area contributed by atoms with Crippen LogP contribution in [-0.2, 0) is 19.6 Å². The highest BCUT2D eigenvalue weighted by atomic mass is 32.2. The maximum Gasteiger partial charge on any atom is 0.243 e. The molecule has 0 aliphatic carbocycles. The maximum absolute atomic E-state index is 12.8. The number of amides is 2. The molecule has 0 radical (unpaired) electrons. The zero-order valence-corrected chi connectivity index (χ0v) is 19.2. The average molecular weight is 449 g/mol. The highest BCUT2D eigenvalue weighted by Gasteiger charge is 2.47. The molecule has 2 amide bonds. The van der Waals surface area contributed by atoms with Crippen LogP contribution in [0.3, 0.4) is 0 Å². The van der Waals surface area contributed by atoms with Gasteiger partial charge in [0.1, 0.15) is 0 Å². The van der Waals surface area contributed by atoms with Gasteiger partial charge in [-0.3, -0.25) is 14.5 Å². The Bertz CT molecular complexity index is 931. The minimum atomic E-state index is -3.50. The number of piperidine rings is 1. The van der Waals surface area contributed by atoms with E-state index in [4.69, 9.17) is 0 Å². The molecular formula is C22H32N4O4S. The first kappa shape index (κ1) is 22.2. The molecule has 3 fully saturated rings. The van der Waals surface area contributed by atoms with Gasteiger partial charge in [-0.1, -0.05) is 17.7 Å². The van der Waals surface area contributed by atoms with Crippen molar-refractivity contribution < 1.29 is 18.0 Å². The number of piperazine rings is 1. The van der Waals surface area contributed by atoms with E-state index in [9.17, 15) is 18.0 Å². The summed E-state index contributed by atoms with van der Waals surface area (Å²) in [5.74, 6) is 0.300. The average Bonchev–Trinajstić information content (AvgIpc) is 3.03. The fourth-order valence-corrected chi connectivity index (χ4v) is 6.34. The second-order valence-corrected chi connectivity index (χ2v) is 11.1. The van der Waals surface area contributed by atoms with Gasteiger partial charge in [0.2, 0.25) is 21.8 Å². The van der Waals surface area contributed by atoms with Crippen LogP contribution >= 0.6 is 0 Å². The van der Waals surface area contributed by atoms with E-state index in [1.807, 2.05) is 40.8 Å². The number of hydrogen-bond donors (Lipinski definition) is 0. The summed E-state index contributed by atoms with van der Waals surface area (Å²) in [5.41, 5.74) is 0.761. The third-order valence-electron chi connectivity index (χ3n) is 7.15. The summed E-state index contributed by atoms with van der Waals surface area (Å²) in [6.07, 6.45) is 2.37. The van der Waals surface area contributed by atoms with Gasteiger partial charge in [0.25, 0.3) is 0 Å². The van der Waals surface area contributed by atoms with Gasteiger partial charge in [-0.2, -0.15) is 4.31 Å². The number of aryl methyl sites for hydroxylation is 1. The van der Waals surface area contributed by atoms with Crippen LogP contribution in [0.5, 0.6) is 0 Å². The molecule has 3 aliphatic rings. The summed E-state index contributed by atoms with van der Waals surface area (Å²) in [6, 6.07) is 6.91. The first-order chi connectivity index (χ1) is 14.7. The number of hydrogen-bond acceptors (Lipinski definition) is 5. The second kappa shape index (κ2) is 8.52. The van der Waals surface area contributed by atoms with Gasteiger partial charge in [-0.25, -0.2) is 8.42 Å². The van der Waals surface area contributed by atoms with Crippen molar-refractivity contribution in [1.29, 1.82) is 0 Å². The number of likely N-dealkylation sites (tertiary alicyclic amines) is 2. The number of carbonyl (C=O) groups excluding carboxylic acids is 2. The summed E-state index contributed by atoms with van der Waals surface area (Å²) < 4.78 is 27.2. The molecule has 0 aromatic heterocycles. The van der Waals surface area contributed by atoms with Crippen LogP contribution in [0.15, 0.2) is 29.2 Å². The fourth-order valence-electron chi connectivity index (χ4n) is 4.92. The first-order valence-corrected chi connectivity index (χ1v) is 12.5. The van der Waals surface area contributed by atoms with Crippen LogP contribution in [-0.4, -0.2) is 98.6 Å². The molecule has 0 bridgehead atoms. The van der Waals surface area contributed by atoms with Gasteiger partial charge in [0.15, 0.2) is 0 Å². The molecule has 0 saturated carbocycles. The third-order valence-corrected chi connectivity index (χ3v) is 9.06. The lowest BCUT2D eigenvalue weighted by molar-refractivity contribution is -0.142. The number of sulfonamides is 1. The lowest BCUT2D eigenvalue weighted by Crippen LogP contribution is -2.53. The van der Waals surface area contributed by atoms with Crippen molar-refractivity contribution >= 4 is 21.8 Å². The van der Waals surface area contributed by atoms with Crippen LogP contribution < -0.4 is 0 Å². The van der Waals surface area contributed by atoms with Crippen molar-refractivity contribution in [3.8, 4) is 0 Å².